The topological polar surface area (TPSA) is 86.3 Å². The molecular weight excluding hydrogens is 258 g/mol. The first-order chi connectivity index (χ1) is 9.70. The molecule has 1 N–H and O–H groups in total. The van der Waals surface area contributed by atoms with Crippen molar-refractivity contribution in [3.8, 4) is 6.07 Å². The van der Waals surface area contributed by atoms with Crippen LogP contribution in [0.25, 0.3) is 0 Å². The Bertz CT molecular complexity index is 494. The van der Waals surface area contributed by atoms with E-state index >= 15 is 0 Å². The smallest absolute Gasteiger partial charge is 0.227 e. The van der Waals surface area contributed by atoms with Crippen LogP contribution in [0.1, 0.15) is 25.0 Å². The summed E-state index contributed by atoms with van der Waals surface area (Å²) in [5.74, 6) is 0.442. The van der Waals surface area contributed by atoms with Crippen molar-refractivity contribution in [1.82, 2.24) is 10.2 Å². The summed E-state index contributed by atoms with van der Waals surface area (Å²) in [5.41, 5.74) is 0. The van der Waals surface area contributed by atoms with Crippen molar-refractivity contribution in [3.63, 3.8) is 0 Å². The quantitative estimate of drug-likeness (QED) is 0.870. The first-order valence-corrected chi connectivity index (χ1v) is 6.65. The Kier molecular flexibility index (Phi) is 4.77. The van der Waals surface area contributed by atoms with Gasteiger partial charge in [0.15, 0.2) is 0 Å². The highest BCUT2D eigenvalue weighted by Crippen LogP contribution is 2.16. The second kappa shape index (κ2) is 6.75. The van der Waals surface area contributed by atoms with Gasteiger partial charge < -0.3 is 14.6 Å². The van der Waals surface area contributed by atoms with Crippen LogP contribution in [0.5, 0.6) is 0 Å². The Hall–Kier alpha value is -2.29. The van der Waals surface area contributed by atoms with Crippen LogP contribution >= 0.6 is 0 Å². The van der Waals surface area contributed by atoms with E-state index in [1.54, 1.807) is 23.3 Å². The molecule has 0 aliphatic carbocycles. The van der Waals surface area contributed by atoms with Gasteiger partial charge in [-0.25, -0.2) is 0 Å². The molecule has 0 saturated carbocycles. The Morgan fingerprint density at radius 3 is 3.05 bits per heavy atom. The van der Waals surface area contributed by atoms with Crippen LogP contribution in [0.15, 0.2) is 22.8 Å². The molecular formula is C14H17N3O3. The number of hydrogen-bond donors (Lipinski definition) is 1. The fourth-order valence-electron chi connectivity index (χ4n) is 2.24. The summed E-state index contributed by atoms with van der Waals surface area (Å²) in [5, 5.41) is 11.4. The number of rotatable bonds is 5. The number of nitrogens with zero attached hydrogens (tertiary/aromatic N) is 2. The molecule has 0 radical (unpaired) electrons. The summed E-state index contributed by atoms with van der Waals surface area (Å²) in [6.45, 7) is 1.11. The lowest BCUT2D eigenvalue weighted by Gasteiger charge is -2.28. The monoisotopic (exact) mass is 275 g/mol. The van der Waals surface area contributed by atoms with Gasteiger partial charge in [0.1, 0.15) is 5.76 Å². The predicted octanol–water partition coefficient (Wildman–Crippen LogP) is 1.05. The summed E-state index contributed by atoms with van der Waals surface area (Å²) in [6.07, 6.45) is 2.78. The maximum absolute atomic E-state index is 12.5. The van der Waals surface area contributed by atoms with Crippen molar-refractivity contribution in [1.29, 1.82) is 5.26 Å². The van der Waals surface area contributed by atoms with Crippen LogP contribution in [-0.4, -0.2) is 29.8 Å². The first-order valence-electron chi connectivity index (χ1n) is 6.65. The zero-order chi connectivity index (χ0) is 14.4. The number of furan rings is 1. The average Bonchev–Trinajstić information content (AvgIpc) is 2.96. The number of carbonyl (C=O) groups is 2. The summed E-state index contributed by atoms with van der Waals surface area (Å²) >= 11 is 0. The Labute approximate surface area is 117 Å². The van der Waals surface area contributed by atoms with E-state index in [1.807, 2.05) is 6.07 Å². The van der Waals surface area contributed by atoms with E-state index in [4.69, 9.17) is 9.68 Å². The molecule has 0 aromatic carbocycles. The lowest BCUT2D eigenvalue weighted by Crippen LogP contribution is -2.44. The number of carbonyl (C=O) groups excluding carboxylic acids is 2. The van der Waals surface area contributed by atoms with Crippen molar-refractivity contribution >= 4 is 11.8 Å². The van der Waals surface area contributed by atoms with Crippen molar-refractivity contribution in [2.24, 2.45) is 5.92 Å². The fraction of sp³-hybridized carbons (Fsp3) is 0.500. The fourth-order valence-corrected chi connectivity index (χ4v) is 2.24. The molecule has 1 aromatic rings. The summed E-state index contributed by atoms with van der Waals surface area (Å²) in [4.78, 5) is 25.2. The van der Waals surface area contributed by atoms with E-state index < -0.39 is 0 Å². The third-order valence-electron chi connectivity index (χ3n) is 3.35. The highest BCUT2D eigenvalue weighted by atomic mass is 16.3. The standard InChI is InChI=1S/C14H17N3O3/c15-6-2-7-17(10-12-3-1-8-20-12)14(19)11-4-5-13(18)16-9-11/h1,3,8,11H,2,4-5,7,9-10H2,(H,16,18). The Balaban J connectivity index is 1.99. The molecule has 2 heterocycles. The average molecular weight is 275 g/mol. The summed E-state index contributed by atoms with van der Waals surface area (Å²) in [7, 11) is 0. The minimum Gasteiger partial charge on any atom is -0.467 e. The van der Waals surface area contributed by atoms with Crippen LogP contribution in [-0.2, 0) is 16.1 Å². The number of nitriles is 1. The highest BCUT2D eigenvalue weighted by Gasteiger charge is 2.28. The van der Waals surface area contributed by atoms with Crippen molar-refractivity contribution in [2.45, 2.75) is 25.8 Å². The van der Waals surface area contributed by atoms with E-state index in [2.05, 4.69) is 5.32 Å². The van der Waals surface area contributed by atoms with E-state index in [0.717, 1.165) is 0 Å². The summed E-state index contributed by atoms with van der Waals surface area (Å²) in [6, 6.07) is 5.62. The van der Waals surface area contributed by atoms with Crippen LogP contribution in [0.4, 0.5) is 0 Å². The molecule has 6 nitrogen and oxygen atoms in total. The Morgan fingerprint density at radius 1 is 1.60 bits per heavy atom. The lowest BCUT2D eigenvalue weighted by atomic mass is 9.97. The number of piperidine rings is 1. The SMILES string of the molecule is N#CCCN(Cc1ccco1)C(=O)C1CCC(=O)NC1. The lowest BCUT2D eigenvalue weighted by molar-refractivity contribution is -0.138. The number of amides is 2. The van der Waals surface area contributed by atoms with E-state index in [9.17, 15) is 9.59 Å². The molecule has 20 heavy (non-hydrogen) atoms. The van der Waals surface area contributed by atoms with E-state index in [0.29, 0.717) is 38.2 Å². The van der Waals surface area contributed by atoms with Gasteiger partial charge in [-0.2, -0.15) is 5.26 Å². The minimum absolute atomic E-state index is 0.0105. The second-order valence-electron chi connectivity index (χ2n) is 4.79. The van der Waals surface area contributed by atoms with Gasteiger partial charge in [0.25, 0.3) is 0 Å². The Morgan fingerprint density at radius 2 is 2.45 bits per heavy atom. The van der Waals surface area contributed by atoms with Gasteiger partial charge in [-0.3, -0.25) is 9.59 Å². The van der Waals surface area contributed by atoms with Gasteiger partial charge in [-0.1, -0.05) is 0 Å². The van der Waals surface area contributed by atoms with Gasteiger partial charge in [0.2, 0.25) is 11.8 Å². The van der Waals surface area contributed by atoms with Crippen LogP contribution in [0.3, 0.4) is 0 Å². The minimum atomic E-state index is -0.207. The molecule has 1 aliphatic rings. The normalized spacial score (nSPS) is 18.1. The van der Waals surface area contributed by atoms with Crippen LogP contribution in [0, 0.1) is 17.2 Å². The zero-order valence-electron chi connectivity index (χ0n) is 11.2. The predicted molar refractivity (Wildman–Crippen MR) is 70.1 cm³/mol. The highest BCUT2D eigenvalue weighted by molar-refractivity contribution is 5.83. The molecule has 1 saturated heterocycles. The molecule has 0 spiro atoms. The van der Waals surface area contributed by atoms with E-state index in [-0.39, 0.29) is 24.2 Å². The van der Waals surface area contributed by atoms with Crippen molar-refractivity contribution in [3.05, 3.63) is 24.2 Å². The molecule has 2 amide bonds. The third-order valence-corrected chi connectivity index (χ3v) is 3.35. The first kappa shape index (κ1) is 14.1. The van der Waals surface area contributed by atoms with Gasteiger partial charge in [0.05, 0.1) is 31.2 Å². The molecule has 2 rings (SSSR count). The molecule has 0 bridgehead atoms. The molecule has 1 unspecified atom stereocenters. The number of nitrogens with one attached hydrogen (secondary N) is 1. The molecule has 106 valence electrons. The largest absolute Gasteiger partial charge is 0.467 e. The molecule has 1 atom stereocenters. The molecule has 1 fully saturated rings. The van der Waals surface area contributed by atoms with E-state index in [1.165, 1.54) is 0 Å². The third kappa shape index (κ3) is 3.60. The van der Waals surface area contributed by atoms with Gasteiger partial charge in [-0.05, 0) is 18.6 Å². The van der Waals surface area contributed by atoms with Crippen LogP contribution in [0.2, 0.25) is 0 Å². The maximum atomic E-state index is 12.5. The zero-order valence-corrected chi connectivity index (χ0v) is 11.2. The van der Waals surface area contributed by atoms with Crippen molar-refractivity contribution < 1.29 is 14.0 Å². The molecule has 6 heteroatoms. The van der Waals surface area contributed by atoms with Gasteiger partial charge in [0, 0.05) is 19.5 Å². The van der Waals surface area contributed by atoms with Crippen molar-refractivity contribution in [2.75, 3.05) is 13.1 Å². The van der Waals surface area contributed by atoms with Gasteiger partial charge in [-0.15, -0.1) is 0 Å². The number of hydrogen-bond acceptors (Lipinski definition) is 4. The van der Waals surface area contributed by atoms with Crippen LogP contribution < -0.4 is 5.32 Å². The molecule has 1 aliphatic heterocycles. The summed E-state index contributed by atoms with van der Waals surface area (Å²) < 4.78 is 5.25. The second-order valence-corrected chi connectivity index (χ2v) is 4.79. The van der Waals surface area contributed by atoms with Gasteiger partial charge >= 0.3 is 0 Å². The molecule has 1 aromatic heterocycles. The maximum Gasteiger partial charge on any atom is 0.227 e.